The molecule has 1 atom stereocenters. The highest BCUT2D eigenvalue weighted by Crippen LogP contribution is 2.38. The number of aromatic amines is 1. The Morgan fingerprint density at radius 2 is 2.02 bits per heavy atom. The van der Waals surface area contributed by atoms with Crippen molar-refractivity contribution < 1.29 is 22.3 Å². The molecule has 0 spiro atoms. The molecule has 3 heterocycles. The van der Waals surface area contributed by atoms with E-state index in [2.05, 4.69) is 20.4 Å². The molecule has 5 rings (SSSR count). The van der Waals surface area contributed by atoms with Crippen LogP contribution in [0.1, 0.15) is 31.2 Å². The van der Waals surface area contributed by atoms with E-state index in [9.17, 15) is 22.8 Å². The van der Waals surface area contributed by atoms with Crippen molar-refractivity contribution in [2.45, 2.75) is 44.4 Å². The molecule has 3 aromatic heterocycles. The maximum Gasteiger partial charge on any atom is 0.423 e. The Kier molecular flexibility index (Phi) is 7.17. The lowest BCUT2D eigenvalue weighted by atomic mass is 10.0. The van der Waals surface area contributed by atoms with Gasteiger partial charge in [0, 0.05) is 18.8 Å². The van der Waals surface area contributed by atoms with Gasteiger partial charge in [-0.25, -0.2) is 19.5 Å². The summed E-state index contributed by atoms with van der Waals surface area (Å²) in [6.07, 6.45) is 1.62. The molecule has 0 aliphatic heterocycles. The van der Waals surface area contributed by atoms with Gasteiger partial charge in [0.2, 0.25) is 0 Å². The van der Waals surface area contributed by atoms with Crippen LogP contribution in [0.3, 0.4) is 0 Å². The Morgan fingerprint density at radius 3 is 2.70 bits per heavy atom. The third-order valence-electron chi connectivity index (χ3n) is 6.89. The molecule has 0 unspecified atom stereocenters. The second-order valence-electron chi connectivity index (χ2n) is 9.60. The monoisotopic (exact) mass is 559 g/mol. The predicted molar refractivity (Wildman–Crippen MR) is 139 cm³/mol. The number of nitrogens with one attached hydrogen (secondary N) is 2. The standard InChI is InChI=1S/C26H25F4N7O3/c1-40-20-12-32-23(35-22(20)31)16-9-14-6-8-37(25(39)15(14)10-17(16)27)7-2-3-18(13-4-5-13)34-19-11-33-36-24(38)21(19)26(28,29)30/h6,8-13,18H,2-5,7H2,1H3,(H2,31,32,35)(H2,34,36,38)/t18-/m1/s1. The summed E-state index contributed by atoms with van der Waals surface area (Å²) in [7, 11) is 1.41. The summed E-state index contributed by atoms with van der Waals surface area (Å²) < 4.78 is 61.8. The molecule has 0 amide bonds. The van der Waals surface area contributed by atoms with E-state index in [0.29, 0.717) is 18.2 Å². The summed E-state index contributed by atoms with van der Waals surface area (Å²) in [4.78, 5) is 33.1. The Balaban J connectivity index is 1.33. The van der Waals surface area contributed by atoms with Crippen molar-refractivity contribution in [1.82, 2.24) is 24.7 Å². The van der Waals surface area contributed by atoms with Crippen molar-refractivity contribution >= 4 is 22.3 Å². The van der Waals surface area contributed by atoms with Crippen LogP contribution in [0.15, 0.2) is 46.4 Å². The van der Waals surface area contributed by atoms with E-state index < -0.39 is 28.7 Å². The number of benzene rings is 1. The van der Waals surface area contributed by atoms with Crippen molar-refractivity contribution in [2.24, 2.45) is 5.92 Å². The average Bonchev–Trinajstić information content (AvgIpc) is 3.74. The second-order valence-corrected chi connectivity index (χ2v) is 9.60. The number of halogens is 4. The first-order valence-corrected chi connectivity index (χ1v) is 12.5. The molecule has 1 aliphatic carbocycles. The molecule has 0 saturated heterocycles. The van der Waals surface area contributed by atoms with Crippen LogP contribution in [0.2, 0.25) is 0 Å². The molecular weight excluding hydrogens is 534 g/mol. The lowest BCUT2D eigenvalue weighted by Gasteiger charge is -2.21. The molecule has 210 valence electrons. The van der Waals surface area contributed by atoms with Crippen LogP contribution in [0.25, 0.3) is 22.2 Å². The summed E-state index contributed by atoms with van der Waals surface area (Å²) in [5, 5.41) is 8.83. The van der Waals surface area contributed by atoms with E-state index in [4.69, 9.17) is 10.5 Å². The second kappa shape index (κ2) is 10.6. The SMILES string of the molecule is COc1cnc(-c2cc3ccn(CCC[C@@H](Nc4cn[nH]c(=O)c4C(F)(F)F)C4CC4)c(=O)c3cc2F)nc1N. The number of hydrogen-bond donors (Lipinski definition) is 3. The van der Waals surface area contributed by atoms with Gasteiger partial charge in [-0.3, -0.25) is 9.59 Å². The fourth-order valence-electron chi connectivity index (χ4n) is 4.72. The molecule has 0 bridgehead atoms. The van der Waals surface area contributed by atoms with E-state index >= 15 is 4.39 Å². The van der Waals surface area contributed by atoms with Gasteiger partial charge in [0.15, 0.2) is 17.4 Å². The van der Waals surface area contributed by atoms with E-state index in [1.165, 1.54) is 23.9 Å². The number of anilines is 2. The highest BCUT2D eigenvalue weighted by Gasteiger charge is 2.39. The summed E-state index contributed by atoms with van der Waals surface area (Å²) in [6.45, 7) is 0.265. The van der Waals surface area contributed by atoms with Gasteiger partial charge < -0.3 is 20.4 Å². The van der Waals surface area contributed by atoms with E-state index in [1.807, 2.05) is 5.10 Å². The summed E-state index contributed by atoms with van der Waals surface area (Å²) in [5.74, 6) is -0.203. The summed E-state index contributed by atoms with van der Waals surface area (Å²) in [6, 6.07) is 3.93. The smallest absolute Gasteiger partial charge is 0.423 e. The normalized spacial score (nSPS) is 14.3. The van der Waals surface area contributed by atoms with Crippen molar-refractivity contribution in [1.29, 1.82) is 0 Å². The number of nitrogen functional groups attached to an aromatic ring is 1. The molecule has 1 fully saturated rings. The molecule has 1 saturated carbocycles. The maximum absolute atomic E-state index is 15.0. The van der Waals surface area contributed by atoms with Crippen molar-refractivity contribution in [3.05, 3.63) is 68.9 Å². The number of methoxy groups -OCH3 is 1. The summed E-state index contributed by atoms with van der Waals surface area (Å²) >= 11 is 0. The number of ether oxygens (including phenoxy) is 1. The number of hydrogen-bond acceptors (Lipinski definition) is 8. The number of pyridine rings is 1. The Hall–Kier alpha value is -4.49. The first-order valence-electron chi connectivity index (χ1n) is 12.5. The lowest BCUT2D eigenvalue weighted by Crippen LogP contribution is -2.29. The third-order valence-corrected chi connectivity index (χ3v) is 6.89. The number of rotatable bonds is 9. The zero-order valence-corrected chi connectivity index (χ0v) is 21.3. The molecule has 10 nitrogen and oxygen atoms in total. The minimum atomic E-state index is -4.84. The van der Waals surface area contributed by atoms with Crippen LogP contribution in [0.5, 0.6) is 5.75 Å². The Morgan fingerprint density at radius 1 is 1.25 bits per heavy atom. The topological polar surface area (TPSA) is 141 Å². The van der Waals surface area contributed by atoms with E-state index in [1.54, 1.807) is 12.3 Å². The van der Waals surface area contributed by atoms with Gasteiger partial charge in [-0.1, -0.05) is 0 Å². The number of aromatic nitrogens is 5. The molecule has 1 aliphatic rings. The maximum atomic E-state index is 15.0. The van der Waals surface area contributed by atoms with E-state index in [0.717, 1.165) is 25.1 Å². The minimum Gasteiger partial charge on any atom is -0.491 e. The molecule has 4 aromatic rings. The predicted octanol–water partition coefficient (Wildman–Crippen LogP) is 3.96. The first kappa shape index (κ1) is 27.1. The van der Waals surface area contributed by atoms with Crippen LogP contribution < -0.4 is 26.9 Å². The molecule has 1 aromatic carbocycles. The zero-order chi connectivity index (χ0) is 28.6. The number of aryl methyl sites for hydroxylation is 1. The molecule has 14 heteroatoms. The van der Waals surface area contributed by atoms with Crippen LogP contribution in [-0.4, -0.2) is 37.9 Å². The fourth-order valence-corrected chi connectivity index (χ4v) is 4.72. The number of fused-ring (bicyclic) bond motifs is 1. The van der Waals surface area contributed by atoms with Crippen molar-refractivity contribution in [3.8, 4) is 17.1 Å². The average molecular weight is 560 g/mol. The van der Waals surface area contributed by atoms with Gasteiger partial charge in [-0.2, -0.15) is 18.3 Å². The van der Waals surface area contributed by atoms with Crippen molar-refractivity contribution in [2.75, 3.05) is 18.2 Å². The highest BCUT2D eigenvalue weighted by molar-refractivity contribution is 5.86. The number of nitrogens with two attached hydrogens (primary N) is 1. The van der Waals surface area contributed by atoms with Gasteiger partial charge in [-0.15, -0.1) is 0 Å². The van der Waals surface area contributed by atoms with Crippen LogP contribution in [0.4, 0.5) is 29.1 Å². The fraction of sp³-hybridized carbons (Fsp3) is 0.346. The van der Waals surface area contributed by atoms with Crippen LogP contribution >= 0.6 is 0 Å². The number of nitrogens with zero attached hydrogens (tertiary/aromatic N) is 4. The van der Waals surface area contributed by atoms with Gasteiger partial charge >= 0.3 is 6.18 Å². The summed E-state index contributed by atoms with van der Waals surface area (Å²) in [5.41, 5.74) is 2.48. The third kappa shape index (κ3) is 5.46. The lowest BCUT2D eigenvalue weighted by molar-refractivity contribution is -0.138. The Labute approximate surface area is 224 Å². The zero-order valence-electron chi connectivity index (χ0n) is 21.3. The van der Waals surface area contributed by atoms with Gasteiger partial charge in [0.1, 0.15) is 11.4 Å². The quantitative estimate of drug-likeness (QED) is 0.262. The Bertz CT molecular complexity index is 1680. The highest BCUT2D eigenvalue weighted by atomic mass is 19.4. The van der Waals surface area contributed by atoms with Crippen molar-refractivity contribution in [3.63, 3.8) is 0 Å². The molecule has 4 N–H and O–H groups in total. The van der Waals surface area contributed by atoms with Crippen LogP contribution in [0, 0.1) is 11.7 Å². The van der Waals surface area contributed by atoms with E-state index in [-0.39, 0.29) is 52.5 Å². The van der Waals surface area contributed by atoms with Gasteiger partial charge in [0.25, 0.3) is 11.1 Å². The largest absolute Gasteiger partial charge is 0.491 e. The minimum absolute atomic E-state index is 0.0461. The number of H-pyrrole nitrogens is 1. The van der Waals surface area contributed by atoms with Crippen LogP contribution in [-0.2, 0) is 12.7 Å². The molecule has 40 heavy (non-hydrogen) atoms. The first-order chi connectivity index (χ1) is 19.1. The molecular formula is C26H25F4N7O3. The van der Waals surface area contributed by atoms with Gasteiger partial charge in [-0.05, 0) is 55.2 Å². The molecule has 0 radical (unpaired) electrons. The van der Waals surface area contributed by atoms with Gasteiger partial charge in [0.05, 0.1) is 36.1 Å². The number of alkyl halides is 3.